The van der Waals surface area contributed by atoms with Gasteiger partial charge < -0.3 is 19.5 Å². The first-order valence-electron chi connectivity index (χ1n) is 7.30. The standard InChI is InChI=1S/C16H19NO5/c1-9(18)22-13-7-12-15(19)14(13)17(16(12)20)8-10-3-5-11(21-2)6-4-10/h3-6,12-15,19H,7-8H2,1-2H3. The summed E-state index contributed by atoms with van der Waals surface area (Å²) in [6.07, 6.45) is -0.785. The first kappa shape index (κ1) is 14.8. The van der Waals surface area contributed by atoms with Crippen LogP contribution in [0.15, 0.2) is 24.3 Å². The molecular formula is C16H19NO5. The SMILES string of the molecule is COc1ccc(CN2C(=O)C3CC(OC(C)=O)C2C3O)cc1. The number of fused-ring (bicyclic) bond motifs is 2. The number of piperidine rings is 1. The molecule has 1 aliphatic heterocycles. The van der Waals surface area contributed by atoms with E-state index >= 15 is 0 Å². The van der Waals surface area contributed by atoms with Gasteiger partial charge in [0.25, 0.3) is 0 Å². The van der Waals surface area contributed by atoms with Crippen molar-refractivity contribution < 1.29 is 24.2 Å². The topological polar surface area (TPSA) is 76.1 Å². The maximum absolute atomic E-state index is 12.3. The van der Waals surface area contributed by atoms with Crippen molar-refractivity contribution >= 4 is 11.9 Å². The Kier molecular flexibility index (Phi) is 3.78. The fourth-order valence-electron chi connectivity index (χ4n) is 3.42. The highest BCUT2D eigenvalue weighted by atomic mass is 16.5. The minimum atomic E-state index is -0.768. The van der Waals surface area contributed by atoms with E-state index in [-0.39, 0.29) is 11.9 Å². The highest BCUT2D eigenvalue weighted by molar-refractivity contribution is 5.84. The number of aliphatic hydroxyl groups excluding tert-OH is 1. The smallest absolute Gasteiger partial charge is 0.302 e. The number of methoxy groups -OCH3 is 1. The van der Waals surface area contributed by atoms with Gasteiger partial charge in [0.2, 0.25) is 5.91 Å². The molecule has 4 unspecified atom stereocenters. The van der Waals surface area contributed by atoms with E-state index in [2.05, 4.69) is 0 Å². The third-order valence-corrected chi connectivity index (χ3v) is 4.42. The molecule has 22 heavy (non-hydrogen) atoms. The number of amides is 1. The Morgan fingerprint density at radius 3 is 2.59 bits per heavy atom. The van der Waals surface area contributed by atoms with Gasteiger partial charge in [0.15, 0.2) is 0 Å². The Bertz CT molecular complexity index is 585. The molecule has 4 atom stereocenters. The molecule has 2 bridgehead atoms. The van der Waals surface area contributed by atoms with Gasteiger partial charge in [-0.25, -0.2) is 0 Å². The minimum absolute atomic E-state index is 0.0725. The van der Waals surface area contributed by atoms with Gasteiger partial charge in [0.1, 0.15) is 11.9 Å². The summed E-state index contributed by atoms with van der Waals surface area (Å²) >= 11 is 0. The average Bonchev–Trinajstić information content (AvgIpc) is 2.90. The quantitative estimate of drug-likeness (QED) is 0.830. The van der Waals surface area contributed by atoms with Gasteiger partial charge in [-0.2, -0.15) is 0 Å². The number of esters is 1. The van der Waals surface area contributed by atoms with Crippen LogP contribution in [0.4, 0.5) is 0 Å². The second-order valence-electron chi connectivity index (χ2n) is 5.79. The number of carbonyl (C=O) groups excluding carboxylic acids is 2. The summed E-state index contributed by atoms with van der Waals surface area (Å²) in [5.41, 5.74) is 0.940. The first-order chi connectivity index (χ1) is 10.5. The van der Waals surface area contributed by atoms with Gasteiger partial charge in [-0.05, 0) is 17.7 Å². The van der Waals surface area contributed by atoms with Crippen molar-refractivity contribution in [2.45, 2.75) is 38.1 Å². The molecule has 118 valence electrons. The van der Waals surface area contributed by atoms with Gasteiger partial charge in [-0.1, -0.05) is 12.1 Å². The number of hydrogen-bond acceptors (Lipinski definition) is 5. The number of ether oxygens (including phenoxy) is 2. The first-order valence-corrected chi connectivity index (χ1v) is 7.30. The Balaban J connectivity index is 1.77. The third-order valence-electron chi connectivity index (χ3n) is 4.42. The van der Waals surface area contributed by atoms with Gasteiger partial charge in [0, 0.05) is 19.9 Å². The van der Waals surface area contributed by atoms with E-state index in [0.717, 1.165) is 11.3 Å². The number of nitrogens with zero attached hydrogens (tertiary/aromatic N) is 1. The largest absolute Gasteiger partial charge is 0.497 e. The van der Waals surface area contributed by atoms with E-state index in [1.165, 1.54) is 6.92 Å². The van der Waals surface area contributed by atoms with E-state index < -0.39 is 24.2 Å². The zero-order valence-corrected chi connectivity index (χ0v) is 12.6. The summed E-state index contributed by atoms with van der Waals surface area (Å²) in [4.78, 5) is 25.1. The second-order valence-corrected chi connectivity index (χ2v) is 5.79. The molecule has 0 aromatic heterocycles. The van der Waals surface area contributed by atoms with Gasteiger partial charge >= 0.3 is 5.97 Å². The van der Waals surface area contributed by atoms with Crippen molar-refractivity contribution in [1.29, 1.82) is 0 Å². The molecular weight excluding hydrogens is 286 g/mol. The molecule has 1 N–H and O–H groups in total. The minimum Gasteiger partial charge on any atom is -0.497 e. The van der Waals surface area contributed by atoms with Gasteiger partial charge in [-0.3, -0.25) is 9.59 Å². The number of carbonyl (C=O) groups is 2. The summed E-state index contributed by atoms with van der Waals surface area (Å²) < 4.78 is 10.4. The van der Waals surface area contributed by atoms with Crippen LogP contribution in [0.3, 0.4) is 0 Å². The molecule has 1 aliphatic carbocycles. The summed E-state index contributed by atoms with van der Waals surface area (Å²) in [5.74, 6) is -0.179. The van der Waals surface area contributed by atoms with E-state index in [9.17, 15) is 14.7 Å². The van der Waals surface area contributed by atoms with Crippen LogP contribution in [0.2, 0.25) is 0 Å². The number of benzene rings is 1. The molecule has 6 heteroatoms. The Labute approximate surface area is 128 Å². The van der Waals surface area contributed by atoms with Crippen molar-refractivity contribution in [2.75, 3.05) is 7.11 Å². The van der Waals surface area contributed by atoms with Crippen LogP contribution in [0.1, 0.15) is 18.9 Å². The molecule has 0 radical (unpaired) electrons. The number of aliphatic hydroxyl groups is 1. The molecule has 1 amide bonds. The zero-order chi connectivity index (χ0) is 15.9. The normalized spacial score (nSPS) is 29.8. The van der Waals surface area contributed by atoms with E-state index in [4.69, 9.17) is 9.47 Å². The third kappa shape index (κ3) is 2.43. The lowest BCUT2D eigenvalue weighted by molar-refractivity contribution is -0.155. The number of hydrogen-bond donors (Lipinski definition) is 1. The number of rotatable bonds is 4. The predicted molar refractivity (Wildman–Crippen MR) is 77.0 cm³/mol. The predicted octanol–water partition coefficient (Wildman–Crippen LogP) is 0.718. The molecule has 1 saturated carbocycles. The van der Waals surface area contributed by atoms with Crippen molar-refractivity contribution in [2.24, 2.45) is 5.92 Å². The van der Waals surface area contributed by atoms with Crippen LogP contribution in [-0.2, 0) is 20.9 Å². The second kappa shape index (κ2) is 5.61. The van der Waals surface area contributed by atoms with Gasteiger partial charge in [-0.15, -0.1) is 0 Å². The average molecular weight is 305 g/mol. The molecule has 2 aliphatic rings. The lowest BCUT2D eigenvalue weighted by atomic mass is 10.1. The Morgan fingerprint density at radius 1 is 1.36 bits per heavy atom. The fourth-order valence-corrected chi connectivity index (χ4v) is 3.42. The van der Waals surface area contributed by atoms with Crippen LogP contribution in [-0.4, -0.2) is 47.2 Å². The van der Waals surface area contributed by atoms with Crippen LogP contribution in [0.5, 0.6) is 5.75 Å². The highest BCUT2D eigenvalue weighted by Gasteiger charge is 2.58. The van der Waals surface area contributed by atoms with Crippen molar-refractivity contribution in [1.82, 2.24) is 4.90 Å². The lowest BCUT2D eigenvalue weighted by Gasteiger charge is -2.32. The molecule has 1 aromatic carbocycles. The Morgan fingerprint density at radius 2 is 2.05 bits per heavy atom. The van der Waals surface area contributed by atoms with E-state index in [1.807, 2.05) is 24.3 Å². The molecule has 1 heterocycles. The van der Waals surface area contributed by atoms with E-state index in [0.29, 0.717) is 13.0 Å². The van der Waals surface area contributed by atoms with Crippen LogP contribution < -0.4 is 4.74 Å². The summed E-state index contributed by atoms with van der Waals surface area (Å²) in [5, 5.41) is 10.2. The van der Waals surface area contributed by atoms with Crippen molar-refractivity contribution in [3.63, 3.8) is 0 Å². The molecule has 6 nitrogen and oxygen atoms in total. The number of likely N-dealkylation sites (tertiary alicyclic amines) is 1. The van der Waals surface area contributed by atoms with Gasteiger partial charge in [0.05, 0.1) is 25.2 Å². The van der Waals surface area contributed by atoms with Crippen LogP contribution >= 0.6 is 0 Å². The molecule has 1 saturated heterocycles. The lowest BCUT2D eigenvalue weighted by Crippen LogP contribution is -2.47. The maximum Gasteiger partial charge on any atom is 0.302 e. The molecule has 3 rings (SSSR count). The van der Waals surface area contributed by atoms with Crippen LogP contribution in [0, 0.1) is 5.92 Å². The monoisotopic (exact) mass is 305 g/mol. The van der Waals surface area contributed by atoms with Crippen molar-refractivity contribution in [3.05, 3.63) is 29.8 Å². The molecule has 0 spiro atoms. The summed E-state index contributed by atoms with van der Waals surface area (Å²) in [6, 6.07) is 6.96. The van der Waals surface area contributed by atoms with Crippen LogP contribution in [0.25, 0.3) is 0 Å². The fraction of sp³-hybridized carbons (Fsp3) is 0.500. The van der Waals surface area contributed by atoms with E-state index in [1.54, 1.807) is 12.0 Å². The highest BCUT2D eigenvalue weighted by Crippen LogP contribution is 2.41. The summed E-state index contributed by atoms with van der Waals surface area (Å²) in [6.45, 7) is 1.73. The molecule has 1 aromatic rings. The zero-order valence-electron chi connectivity index (χ0n) is 12.6. The summed E-state index contributed by atoms with van der Waals surface area (Å²) in [7, 11) is 1.60. The Hall–Kier alpha value is -2.08. The molecule has 2 fully saturated rings. The maximum atomic E-state index is 12.3. The van der Waals surface area contributed by atoms with Crippen molar-refractivity contribution in [3.8, 4) is 5.75 Å².